The maximum atomic E-state index is 12.0. The third kappa shape index (κ3) is 9.80. The Kier molecular flexibility index (Phi) is 14.5. The van der Waals surface area contributed by atoms with Gasteiger partial charge in [0.2, 0.25) is 0 Å². The van der Waals surface area contributed by atoms with Crippen LogP contribution in [0.4, 0.5) is 17.1 Å². The number of anilines is 3. The molecule has 3 saturated carbocycles. The lowest BCUT2D eigenvalue weighted by molar-refractivity contribution is -0.129. The molecule has 0 N–H and O–H groups in total. The van der Waals surface area contributed by atoms with E-state index in [0.29, 0.717) is 17.2 Å². The highest BCUT2D eigenvalue weighted by Crippen LogP contribution is 2.50. The first-order valence-corrected chi connectivity index (χ1v) is 25.1. The summed E-state index contributed by atoms with van der Waals surface area (Å²) in [6, 6.07) is 51.7. The first-order valence-electron chi connectivity index (χ1n) is 25.1. The van der Waals surface area contributed by atoms with Gasteiger partial charge in [-0.25, -0.2) is 14.4 Å². The van der Waals surface area contributed by atoms with Crippen molar-refractivity contribution < 1.29 is 28.6 Å². The van der Waals surface area contributed by atoms with Gasteiger partial charge in [0.05, 0.1) is 0 Å². The van der Waals surface area contributed by atoms with Gasteiger partial charge in [-0.1, -0.05) is 150 Å². The van der Waals surface area contributed by atoms with Crippen LogP contribution in [0.25, 0.3) is 0 Å². The van der Waals surface area contributed by atoms with Gasteiger partial charge >= 0.3 is 17.9 Å². The average molecular weight is 930 g/mol. The molecule has 6 aromatic carbocycles. The summed E-state index contributed by atoms with van der Waals surface area (Å²) in [5, 5.41) is 0. The molecular weight excluding hydrogens is 867 g/mol. The molecule has 70 heavy (non-hydrogen) atoms. The molecule has 0 bridgehead atoms. The van der Waals surface area contributed by atoms with E-state index in [-0.39, 0.29) is 16.2 Å². The number of nitrogens with zero attached hydrogens (tertiary/aromatic N) is 1. The minimum atomic E-state index is -0.466. The third-order valence-corrected chi connectivity index (χ3v) is 15.5. The summed E-state index contributed by atoms with van der Waals surface area (Å²) in [6.07, 6.45) is 20.3. The van der Waals surface area contributed by atoms with Crippen molar-refractivity contribution in [3.63, 3.8) is 0 Å². The van der Waals surface area contributed by atoms with E-state index in [0.717, 1.165) is 94.1 Å². The molecule has 356 valence electrons. The van der Waals surface area contributed by atoms with Gasteiger partial charge in [0.25, 0.3) is 0 Å². The smallest absolute Gasteiger partial charge is 0.335 e. The Hall–Kier alpha value is -7.25. The normalized spacial score (nSPS) is 17.0. The Balaban J connectivity index is 1.09. The molecule has 0 unspecified atom stereocenters. The number of hydrogen-bond donors (Lipinski definition) is 0. The number of ether oxygens (including phenoxy) is 3. The fraction of sp³-hybridized carbons (Fsp3) is 0.286. The number of carbonyl (C=O) groups excluding carboxylic acids is 3. The fourth-order valence-corrected chi connectivity index (χ4v) is 11.9. The Labute approximate surface area is 413 Å². The van der Waals surface area contributed by atoms with Crippen molar-refractivity contribution in [2.75, 3.05) is 4.90 Å². The standard InChI is InChI=1S/C63H63NO6/c1-4-58(65)68-55-34-22-49(23-35-55)61(40-10-7-11-41-61)46-16-28-52(29-17-46)64(53-30-18-47(19-31-53)62(42-12-8-13-43-62)50-24-36-56(37-25-50)69-59(66)5-2)54-32-20-48(21-33-54)63(44-14-9-15-45-63)51-26-38-57(39-27-51)70-60(67)6-3/h4-6,16-39H,1-3,7-15,40-45H2. The monoisotopic (exact) mass is 929 g/mol. The van der Waals surface area contributed by atoms with Gasteiger partial charge in [0, 0.05) is 51.5 Å². The van der Waals surface area contributed by atoms with Crippen LogP contribution >= 0.6 is 0 Å². The summed E-state index contributed by atoms with van der Waals surface area (Å²) in [5.74, 6) is 0.144. The number of carbonyl (C=O) groups is 3. The molecule has 0 amide bonds. The second-order valence-corrected chi connectivity index (χ2v) is 19.4. The first-order chi connectivity index (χ1) is 34.2. The number of hydrogen-bond acceptors (Lipinski definition) is 7. The molecule has 3 aliphatic rings. The minimum absolute atomic E-state index is 0.161. The van der Waals surface area contributed by atoms with Crippen LogP contribution in [0.5, 0.6) is 17.2 Å². The molecule has 0 spiro atoms. The predicted molar refractivity (Wildman–Crippen MR) is 280 cm³/mol. The maximum absolute atomic E-state index is 12.0. The quantitative estimate of drug-likeness (QED) is 0.0576. The van der Waals surface area contributed by atoms with E-state index in [4.69, 9.17) is 14.2 Å². The van der Waals surface area contributed by atoms with Crippen LogP contribution < -0.4 is 19.1 Å². The van der Waals surface area contributed by atoms with Crippen LogP contribution in [0, 0.1) is 0 Å². The molecule has 3 fully saturated rings. The maximum Gasteiger partial charge on any atom is 0.335 e. The van der Waals surface area contributed by atoms with Gasteiger partial charge < -0.3 is 19.1 Å². The van der Waals surface area contributed by atoms with Crippen molar-refractivity contribution in [2.45, 2.75) is 113 Å². The second-order valence-electron chi connectivity index (χ2n) is 19.4. The summed E-state index contributed by atoms with van der Waals surface area (Å²) in [4.78, 5) is 38.3. The van der Waals surface area contributed by atoms with Gasteiger partial charge in [-0.05, 0) is 145 Å². The van der Waals surface area contributed by atoms with Crippen molar-refractivity contribution in [3.05, 3.63) is 217 Å². The molecule has 0 saturated heterocycles. The van der Waals surface area contributed by atoms with E-state index in [1.165, 1.54) is 70.9 Å². The highest BCUT2D eigenvalue weighted by atomic mass is 16.5. The van der Waals surface area contributed by atoms with Crippen LogP contribution in [0.2, 0.25) is 0 Å². The van der Waals surface area contributed by atoms with Crippen molar-refractivity contribution in [2.24, 2.45) is 0 Å². The van der Waals surface area contributed by atoms with E-state index in [2.05, 4.69) is 134 Å². The van der Waals surface area contributed by atoms with Gasteiger partial charge in [0.15, 0.2) is 0 Å². The van der Waals surface area contributed by atoms with E-state index < -0.39 is 17.9 Å². The minimum Gasteiger partial charge on any atom is -0.423 e. The first kappa shape index (κ1) is 47.8. The van der Waals surface area contributed by atoms with Crippen LogP contribution in [-0.4, -0.2) is 17.9 Å². The molecular formula is C63H63NO6. The SMILES string of the molecule is C=CC(=O)Oc1ccc(C2(c3ccc(N(c4ccc(C5(c6ccc(OC(=O)C=C)cc6)CCCCC5)cc4)c4ccc(C5(c6ccc(OC(=O)C=C)cc6)CCCCC5)cc4)cc3)CCCCC2)cc1. The van der Waals surface area contributed by atoms with Crippen molar-refractivity contribution in [1.82, 2.24) is 0 Å². The molecule has 7 heteroatoms. The largest absolute Gasteiger partial charge is 0.423 e. The van der Waals surface area contributed by atoms with E-state index in [9.17, 15) is 14.4 Å². The molecule has 0 heterocycles. The molecule has 9 rings (SSSR count). The Morgan fingerprint density at radius 3 is 0.729 bits per heavy atom. The zero-order valence-electron chi connectivity index (χ0n) is 40.2. The van der Waals surface area contributed by atoms with E-state index in [1.54, 1.807) is 0 Å². The third-order valence-electron chi connectivity index (χ3n) is 15.5. The van der Waals surface area contributed by atoms with Crippen molar-refractivity contribution in [3.8, 4) is 17.2 Å². The topological polar surface area (TPSA) is 82.1 Å². The lowest BCUT2D eigenvalue weighted by Crippen LogP contribution is -2.30. The number of esters is 3. The fourth-order valence-electron chi connectivity index (χ4n) is 11.9. The van der Waals surface area contributed by atoms with Crippen molar-refractivity contribution in [1.29, 1.82) is 0 Å². The van der Waals surface area contributed by atoms with Crippen LogP contribution in [0.15, 0.2) is 184 Å². The van der Waals surface area contributed by atoms with Gasteiger partial charge in [-0.3, -0.25) is 0 Å². The van der Waals surface area contributed by atoms with Crippen LogP contribution in [0.3, 0.4) is 0 Å². The zero-order chi connectivity index (χ0) is 48.6. The van der Waals surface area contributed by atoms with Gasteiger partial charge in [0.1, 0.15) is 17.2 Å². The Morgan fingerprint density at radius 1 is 0.329 bits per heavy atom. The molecule has 6 aromatic rings. The van der Waals surface area contributed by atoms with Crippen molar-refractivity contribution >= 4 is 35.0 Å². The summed E-state index contributed by atoms with van der Waals surface area (Å²) in [6.45, 7) is 10.6. The molecule has 0 aliphatic heterocycles. The molecule has 7 nitrogen and oxygen atoms in total. The highest BCUT2D eigenvalue weighted by Gasteiger charge is 2.39. The second kappa shape index (κ2) is 21.2. The summed E-state index contributed by atoms with van der Waals surface area (Å²) in [5.41, 5.74) is 10.3. The molecule has 0 radical (unpaired) electrons. The summed E-state index contributed by atoms with van der Waals surface area (Å²) >= 11 is 0. The molecule has 3 aliphatic carbocycles. The molecule has 0 aromatic heterocycles. The lowest BCUT2D eigenvalue weighted by Gasteiger charge is -2.40. The van der Waals surface area contributed by atoms with Gasteiger partial charge in [-0.2, -0.15) is 0 Å². The van der Waals surface area contributed by atoms with Gasteiger partial charge in [-0.15, -0.1) is 0 Å². The summed E-state index contributed by atoms with van der Waals surface area (Å²) < 4.78 is 16.4. The number of rotatable bonds is 15. The number of benzene rings is 6. The van der Waals surface area contributed by atoms with Crippen LogP contribution in [0.1, 0.15) is 130 Å². The average Bonchev–Trinajstić information content (AvgIpc) is 3.42. The Morgan fingerprint density at radius 2 is 0.529 bits per heavy atom. The predicted octanol–water partition coefficient (Wildman–Crippen LogP) is 15.2. The lowest BCUT2D eigenvalue weighted by atomic mass is 9.65. The zero-order valence-corrected chi connectivity index (χ0v) is 40.2. The summed E-state index contributed by atoms with van der Waals surface area (Å²) in [7, 11) is 0. The highest BCUT2D eigenvalue weighted by molar-refractivity contribution is 5.84. The van der Waals surface area contributed by atoms with E-state index >= 15 is 0 Å². The van der Waals surface area contributed by atoms with Crippen LogP contribution in [-0.2, 0) is 30.6 Å². The Bertz CT molecular complexity index is 2480. The van der Waals surface area contributed by atoms with E-state index in [1.807, 2.05) is 36.4 Å². The molecule has 0 atom stereocenters.